The number of hydrogen-bond donors (Lipinski definition) is 1. The van der Waals surface area contributed by atoms with Gasteiger partial charge in [-0.05, 0) is 23.8 Å². The summed E-state index contributed by atoms with van der Waals surface area (Å²) in [4.78, 5) is 15.9. The number of pyridine rings is 1. The van der Waals surface area contributed by atoms with E-state index in [1.165, 1.54) is 37.5 Å². The number of benzene rings is 1. The predicted molar refractivity (Wildman–Crippen MR) is 88.0 cm³/mol. The normalized spacial score (nSPS) is 11.8. The molecule has 0 radical (unpaired) electrons. The molecule has 3 rings (SSSR count). The maximum atomic E-state index is 12.9. The number of hydrogen-bond acceptors (Lipinski definition) is 4. The van der Waals surface area contributed by atoms with E-state index >= 15 is 0 Å². The molecule has 2 aromatic heterocycles. The van der Waals surface area contributed by atoms with E-state index in [9.17, 15) is 22.4 Å². The summed E-state index contributed by atoms with van der Waals surface area (Å²) in [7, 11) is 1.49. The lowest BCUT2D eigenvalue weighted by Gasteiger charge is -2.16. The van der Waals surface area contributed by atoms with Crippen molar-refractivity contribution < 1.29 is 27.1 Å². The fourth-order valence-corrected chi connectivity index (χ4v) is 2.43. The van der Waals surface area contributed by atoms with Crippen LogP contribution in [0.25, 0.3) is 10.9 Å². The zero-order valence-corrected chi connectivity index (χ0v) is 14.0. The minimum absolute atomic E-state index is 0.235. The van der Waals surface area contributed by atoms with Crippen molar-refractivity contribution in [2.24, 2.45) is 0 Å². The molecule has 0 unspecified atom stereocenters. The smallest absolute Gasteiger partial charge is 0.428 e. The molecule has 27 heavy (non-hydrogen) atoms. The molecule has 10 heteroatoms. The van der Waals surface area contributed by atoms with Crippen molar-refractivity contribution in [3.63, 3.8) is 0 Å². The quantitative estimate of drug-likeness (QED) is 0.666. The molecule has 2 heterocycles. The SMILES string of the molecule is CNC(=O)c1nccc2nn(Cc3ccc(OC(F)(F)C(F)F)cc3)cc12. The van der Waals surface area contributed by atoms with Crippen molar-refractivity contribution in [3.8, 4) is 5.75 Å². The van der Waals surface area contributed by atoms with Crippen LogP contribution in [0.1, 0.15) is 16.1 Å². The zero-order valence-electron chi connectivity index (χ0n) is 14.0. The Morgan fingerprint density at radius 2 is 1.96 bits per heavy atom. The lowest BCUT2D eigenvalue weighted by molar-refractivity contribution is -0.253. The predicted octanol–water partition coefficient (Wildman–Crippen LogP) is 3.08. The summed E-state index contributed by atoms with van der Waals surface area (Å²) in [5.74, 6) is -0.720. The molecule has 1 aromatic carbocycles. The van der Waals surface area contributed by atoms with Gasteiger partial charge in [0.15, 0.2) is 0 Å². The molecule has 1 amide bonds. The van der Waals surface area contributed by atoms with Gasteiger partial charge in [0.05, 0.1) is 17.4 Å². The Kier molecular flexibility index (Phi) is 4.98. The van der Waals surface area contributed by atoms with Crippen LogP contribution < -0.4 is 10.1 Å². The summed E-state index contributed by atoms with van der Waals surface area (Å²) in [5, 5.41) is 7.40. The summed E-state index contributed by atoms with van der Waals surface area (Å²) in [5.41, 5.74) is 1.48. The first-order valence-corrected chi connectivity index (χ1v) is 7.78. The molecule has 6 nitrogen and oxygen atoms in total. The number of nitrogens with one attached hydrogen (secondary N) is 1. The van der Waals surface area contributed by atoms with E-state index < -0.39 is 12.5 Å². The average Bonchev–Trinajstić information content (AvgIpc) is 3.04. The highest BCUT2D eigenvalue weighted by Gasteiger charge is 2.43. The highest BCUT2D eigenvalue weighted by molar-refractivity contribution is 6.03. The Morgan fingerprint density at radius 1 is 1.26 bits per heavy atom. The van der Waals surface area contributed by atoms with E-state index in [1.807, 2.05) is 0 Å². The number of ether oxygens (including phenoxy) is 1. The van der Waals surface area contributed by atoms with Gasteiger partial charge in [0.1, 0.15) is 11.4 Å². The number of carbonyl (C=O) groups excluding carboxylic acids is 1. The Bertz CT molecular complexity index is 957. The number of alkyl halides is 4. The minimum atomic E-state index is -4.55. The monoisotopic (exact) mass is 382 g/mol. The summed E-state index contributed by atoms with van der Waals surface area (Å²) >= 11 is 0. The molecular weight excluding hydrogens is 368 g/mol. The van der Waals surface area contributed by atoms with E-state index in [-0.39, 0.29) is 23.9 Å². The van der Waals surface area contributed by atoms with Gasteiger partial charge in [-0.25, -0.2) is 0 Å². The summed E-state index contributed by atoms with van der Waals surface area (Å²) in [6.07, 6.45) is -5.36. The third-order valence-electron chi connectivity index (χ3n) is 3.70. The van der Waals surface area contributed by atoms with Crippen LogP contribution in [0, 0.1) is 0 Å². The Balaban J connectivity index is 1.79. The van der Waals surface area contributed by atoms with Crippen molar-refractivity contribution in [3.05, 3.63) is 54.0 Å². The summed E-state index contributed by atoms with van der Waals surface area (Å²) < 4.78 is 55.7. The molecule has 1 N–H and O–H groups in total. The first-order valence-electron chi connectivity index (χ1n) is 7.78. The lowest BCUT2D eigenvalue weighted by atomic mass is 10.2. The van der Waals surface area contributed by atoms with E-state index in [0.717, 1.165) is 0 Å². The number of amides is 1. The summed E-state index contributed by atoms with van der Waals surface area (Å²) in [6, 6.07) is 6.92. The number of rotatable bonds is 6. The Morgan fingerprint density at radius 3 is 2.59 bits per heavy atom. The Hall–Kier alpha value is -3.17. The number of halogens is 4. The van der Waals surface area contributed by atoms with Gasteiger partial charge in [-0.3, -0.25) is 14.5 Å². The number of fused-ring (bicyclic) bond motifs is 1. The maximum absolute atomic E-state index is 12.9. The third-order valence-corrected chi connectivity index (χ3v) is 3.70. The van der Waals surface area contributed by atoms with Crippen molar-refractivity contribution in [1.82, 2.24) is 20.1 Å². The van der Waals surface area contributed by atoms with Crippen LogP contribution in [0.15, 0.2) is 42.7 Å². The van der Waals surface area contributed by atoms with Gasteiger partial charge in [0, 0.05) is 19.4 Å². The van der Waals surface area contributed by atoms with Crippen LogP contribution >= 0.6 is 0 Å². The third kappa shape index (κ3) is 3.99. The van der Waals surface area contributed by atoms with E-state index in [2.05, 4.69) is 20.1 Å². The zero-order chi connectivity index (χ0) is 19.6. The molecule has 0 spiro atoms. The second-order valence-corrected chi connectivity index (χ2v) is 5.61. The van der Waals surface area contributed by atoms with Crippen LogP contribution in [-0.2, 0) is 6.54 Å². The van der Waals surface area contributed by atoms with Gasteiger partial charge in [0.25, 0.3) is 5.91 Å². The molecular formula is C17H14F4N4O2. The largest absolute Gasteiger partial charge is 0.461 e. The van der Waals surface area contributed by atoms with Gasteiger partial charge in [-0.15, -0.1) is 0 Å². The van der Waals surface area contributed by atoms with Crippen molar-refractivity contribution in [1.29, 1.82) is 0 Å². The van der Waals surface area contributed by atoms with Crippen LogP contribution in [0.3, 0.4) is 0 Å². The molecule has 142 valence electrons. The van der Waals surface area contributed by atoms with Crippen LogP contribution in [0.2, 0.25) is 0 Å². The van der Waals surface area contributed by atoms with Gasteiger partial charge in [-0.1, -0.05) is 12.1 Å². The molecule has 0 aliphatic heterocycles. The van der Waals surface area contributed by atoms with Gasteiger partial charge in [0.2, 0.25) is 0 Å². The molecule has 0 fully saturated rings. The highest BCUT2D eigenvalue weighted by Crippen LogP contribution is 2.27. The average molecular weight is 382 g/mol. The van der Waals surface area contributed by atoms with Crippen LogP contribution in [0.5, 0.6) is 5.75 Å². The van der Waals surface area contributed by atoms with Gasteiger partial charge >= 0.3 is 12.5 Å². The van der Waals surface area contributed by atoms with E-state index in [0.29, 0.717) is 16.5 Å². The van der Waals surface area contributed by atoms with Crippen molar-refractivity contribution in [2.75, 3.05) is 7.05 Å². The molecule has 0 saturated carbocycles. The second-order valence-electron chi connectivity index (χ2n) is 5.61. The minimum Gasteiger partial charge on any atom is -0.428 e. The van der Waals surface area contributed by atoms with Crippen LogP contribution in [0.4, 0.5) is 17.6 Å². The fraction of sp³-hybridized carbons (Fsp3) is 0.235. The Labute approximate surface area is 150 Å². The molecule has 0 aliphatic carbocycles. The number of carbonyl (C=O) groups is 1. The molecule has 0 saturated heterocycles. The first kappa shape index (κ1) is 18.6. The first-order chi connectivity index (χ1) is 12.8. The van der Waals surface area contributed by atoms with Crippen molar-refractivity contribution >= 4 is 16.8 Å². The molecule has 0 atom stereocenters. The molecule has 0 aliphatic rings. The fourth-order valence-electron chi connectivity index (χ4n) is 2.43. The number of aromatic nitrogens is 3. The topological polar surface area (TPSA) is 69.0 Å². The van der Waals surface area contributed by atoms with Crippen LogP contribution in [-0.4, -0.2) is 40.3 Å². The van der Waals surface area contributed by atoms with Gasteiger partial charge < -0.3 is 10.1 Å². The number of nitrogens with zero attached hydrogens (tertiary/aromatic N) is 3. The van der Waals surface area contributed by atoms with E-state index in [4.69, 9.17) is 0 Å². The second kappa shape index (κ2) is 7.22. The van der Waals surface area contributed by atoms with Gasteiger partial charge in [-0.2, -0.15) is 22.7 Å². The molecule has 0 bridgehead atoms. The van der Waals surface area contributed by atoms with Crippen molar-refractivity contribution in [2.45, 2.75) is 19.1 Å². The van der Waals surface area contributed by atoms with E-state index in [1.54, 1.807) is 16.9 Å². The summed E-state index contributed by atoms with van der Waals surface area (Å²) in [6.45, 7) is 0.271. The molecule has 3 aromatic rings. The lowest BCUT2D eigenvalue weighted by Crippen LogP contribution is -2.33. The standard InChI is InChI=1S/C17H14F4N4O2/c1-22-15(26)14-12-9-25(24-13(12)6-7-23-14)8-10-2-4-11(5-3-10)27-17(20,21)16(18)19/h2-7,9,16H,8H2,1H3,(H,22,26). The maximum Gasteiger partial charge on any atom is 0.461 e. The highest BCUT2D eigenvalue weighted by atomic mass is 19.3.